The third-order valence-electron chi connectivity index (χ3n) is 5.04. The van der Waals surface area contributed by atoms with Crippen LogP contribution in [0.3, 0.4) is 0 Å². The Kier molecular flexibility index (Phi) is 8.79. The number of H-pyrrole nitrogens is 1. The molecule has 1 aromatic heterocycles. The number of nitrogens with zero attached hydrogens (tertiary/aromatic N) is 1. The summed E-state index contributed by atoms with van der Waals surface area (Å²) in [6, 6.07) is 4.17. The molecule has 1 heterocycles. The van der Waals surface area contributed by atoms with E-state index in [4.69, 9.17) is 34.8 Å². The lowest BCUT2D eigenvalue weighted by atomic mass is 9.95. The van der Waals surface area contributed by atoms with Gasteiger partial charge < -0.3 is 10.3 Å². The molecule has 3 rings (SSSR count). The van der Waals surface area contributed by atoms with Crippen molar-refractivity contribution >= 4 is 52.2 Å². The molecule has 15 heteroatoms. The molecule has 0 aliphatic rings. The van der Waals surface area contributed by atoms with Crippen LogP contribution in [0, 0.1) is 0 Å². The normalized spacial score (nSPS) is 13.4. The minimum Gasteiger partial charge on any atom is -0.362 e. The molecule has 1 atom stereocenters. The second-order valence-electron chi connectivity index (χ2n) is 7.66. The van der Waals surface area contributed by atoms with Crippen LogP contribution in [0.4, 0.5) is 36.6 Å². The van der Waals surface area contributed by atoms with Gasteiger partial charge in [0.25, 0.3) is 5.56 Å². The summed E-state index contributed by atoms with van der Waals surface area (Å²) in [5.74, 6) is -5.49. The second-order valence-corrected chi connectivity index (χ2v) is 8.86. The minimum atomic E-state index is -5.16. The third kappa shape index (κ3) is 7.06. The summed E-state index contributed by atoms with van der Waals surface area (Å²) >= 11 is 17.3. The minimum absolute atomic E-state index is 0.0625. The van der Waals surface area contributed by atoms with Gasteiger partial charge in [0.1, 0.15) is 17.6 Å². The molecule has 0 saturated carbocycles. The first-order valence-electron chi connectivity index (χ1n) is 10.2. The molecule has 38 heavy (non-hydrogen) atoms. The molecule has 2 aromatic carbocycles. The molecule has 0 spiro atoms. The number of aromatic amines is 1. The summed E-state index contributed by atoms with van der Waals surface area (Å²) in [4.78, 5) is 29.6. The average Bonchev–Trinajstić information content (AvgIpc) is 2.82. The number of nitrogens with one attached hydrogen (secondary N) is 2. The lowest BCUT2D eigenvalue weighted by Gasteiger charge is -2.19. The van der Waals surface area contributed by atoms with Crippen molar-refractivity contribution < 1.29 is 35.5 Å². The molecule has 5 nitrogen and oxygen atoms in total. The molecule has 2 N–H and O–H groups in total. The van der Waals surface area contributed by atoms with Crippen LogP contribution < -0.4 is 10.9 Å². The molecular formula is C23H13Cl3F7N3O2. The Morgan fingerprint density at radius 3 is 2.21 bits per heavy atom. The zero-order valence-electron chi connectivity index (χ0n) is 18.4. The van der Waals surface area contributed by atoms with Crippen molar-refractivity contribution in [2.45, 2.75) is 18.3 Å². The molecule has 0 amide bonds. The smallest absolute Gasteiger partial charge is 0.362 e. The largest absolute Gasteiger partial charge is 0.417 e. The van der Waals surface area contributed by atoms with Gasteiger partial charge in [-0.25, -0.2) is 9.37 Å². The molecular weight excluding hydrogens is 590 g/mol. The summed E-state index contributed by atoms with van der Waals surface area (Å²) < 4.78 is 97.3. The number of Topliss-reactive ketones (excluding diaryl/α,β-unsaturated/α-hetero) is 1. The highest BCUT2D eigenvalue weighted by atomic mass is 35.5. The van der Waals surface area contributed by atoms with Crippen molar-refractivity contribution in [2.75, 3.05) is 11.9 Å². The number of hydrogen-bond donors (Lipinski definition) is 2. The zero-order chi connectivity index (χ0) is 28.4. The number of carbonyl (C=O) groups excluding carboxylic acids is 1. The Labute approximate surface area is 224 Å². The Morgan fingerprint density at radius 2 is 1.66 bits per heavy atom. The number of alkyl halides is 6. The molecule has 202 valence electrons. The fourth-order valence-corrected chi connectivity index (χ4v) is 3.89. The first kappa shape index (κ1) is 29.5. The molecule has 1 unspecified atom stereocenters. The fourth-order valence-electron chi connectivity index (χ4n) is 3.28. The molecule has 0 fully saturated rings. The summed E-state index contributed by atoms with van der Waals surface area (Å²) in [5, 5.41) is 1.46. The van der Waals surface area contributed by atoms with E-state index in [0.29, 0.717) is 6.07 Å². The van der Waals surface area contributed by atoms with Crippen molar-refractivity contribution in [3.05, 3.63) is 96.5 Å². The summed E-state index contributed by atoms with van der Waals surface area (Å²) in [7, 11) is 0. The van der Waals surface area contributed by atoms with E-state index < -0.39 is 64.2 Å². The number of anilines is 1. The van der Waals surface area contributed by atoms with Crippen LogP contribution >= 0.6 is 34.8 Å². The van der Waals surface area contributed by atoms with Crippen LogP contribution in [0.5, 0.6) is 0 Å². The number of rotatable bonds is 7. The van der Waals surface area contributed by atoms with Gasteiger partial charge in [0.15, 0.2) is 5.78 Å². The van der Waals surface area contributed by atoms with Crippen molar-refractivity contribution in [1.29, 1.82) is 0 Å². The highest BCUT2D eigenvalue weighted by Crippen LogP contribution is 2.42. The van der Waals surface area contributed by atoms with Crippen LogP contribution in [0.1, 0.15) is 33.0 Å². The van der Waals surface area contributed by atoms with Gasteiger partial charge in [-0.15, -0.1) is 0 Å². The van der Waals surface area contributed by atoms with E-state index in [1.807, 2.05) is 0 Å². The Balaban J connectivity index is 1.99. The van der Waals surface area contributed by atoms with Gasteiger partial charge in [-0.3, -0.25) is 9.59 Å². The quantitative estimate of drug-likeness (QED) is 0.165. The van der Waals surface area contributed by atoms with E-state index in [2.05, 4.69) is 15.3 Å². The van der Waals surface area contributed by atoms with Gasteiger partial charge in [-0.2, -0.15) is 26.3 Å². The van der Waals surface area contributed by atoms with E-state index in [-0.39, 0.29) is 33.0 Å². The number of aromatic nitrogens is 2. The van der Waals surface area contributed by atoms with Gasteiger partial charge in [-0.1, -0.05) is 46.9 Å². The van der Waals surface area contributed by atoms with E-state index in [0.717, 1.165) is 30.6 Å². The number of hydrogen-bond acceptors (Lipinski definition) is 4. The third-order valence-corrected chi connectivity index (χ3v) is 6.24. The predicted octanol–water partition coefficient (Wildman–Crippen LogP) is 7.70. The molecule has 3 aromatic rings. The van der Waals surface area contributed by atoms with Gasteiger partial charge in [0.2, 0.25) is 0 Å². The van der Waals surface area contributed by atoms with Crippen LogP contribution in [-0.4, -0.2) is 28.5 Å². The molecule has 0 radical (unpaired) electrons. The summed E-state index contributed by atoms with van der Waals surface area (Å²) in [5.41, 5.74) is -4.51. The highest BCUT2D eigenvalue weighted by Gasteiger charge is 2.41. The lowest BCUT2D eigenvalue weighted by Crippen LogP contribution is -2.21. The van der Waals surface area contributed by atoms with Crippen molar-refractivity contribution in [1.82, 2.24) is 9.97 Å². The summed E-state index contributed by atoms with van der Waals surface area (Å²) in [6.07, 6.45) is -9.18. The number of carbonyl (C=O) groups is 1. The number of allylic oxidation sites excluding steroid dienone is 1. The standard InChI is InChI=1S/C23H13Cl3F7N3O2/c24-15-4-11(5-16(25)21(15)26)13(22(28,29)30)6-17(27)10-1-2-12(14(3-10)23(31,32)33)18(37)8-34-19-7-20(38)36-9-35-19/h1-7,9,13H,8H2,(H2,34,35,36,38)/b17-6-. The Bertz CT molecular complexity index is 1430. The molecule has 0 aliphatic heterocycles. The van der Waals surface area contributed by atoms with Crippen LogP contribution in [0.15, 0.2) is 53.6 Å². The SMILES string of the molecule is O=C(CNc1cc(=O)[nH]cn1)c1ccc(/C(F)=C/C(c2cc(Cl)c(Cl)c(Cl)c2)C(F)(F)F)cc1C(F)(F)F. The van der Waals surface area contributed by atoms with Gasteiger partial charge >= 0.3 is 12.4 Å². The number of ketones is 1. The fraction of sp³-hybridized carbons (Fsp3) is 0.174. The maximum absolute atomic E-state index is 15.0. The van der Waals surface area contributed by atoms with Gasteiger partial charge in [-0.05, 0) is 29.8 Å². The van der Waals surface area contributed by atoms with E-state index in [9.17, 15) is 40.3 Å². The first-order valence-corrected chi connectivity index (χ1v) is 11.3. The topological polar surface area (TPSA) is 74.8 Å². The molecule has 0 aliphatic carbocycles. The van der Waals surface area contributed by atoms with Gasteiger partial charge in [0, 0.05) is 17.2 Å². The Hall–Kier alpha value is -3.09. The van der Waals surface area contributed by atoms with Crippen LogP contribution in [-0.2, 0) is 6.18 Å². The van der Waals surface area contributed by atoms with Crippen LogP contribution in [0.2, 0.25) is 15.1 Å². The first-order chi connectivity index (χ1) is 17.6. The van der Waals surface area contributed by atoms with E-state index >= 15 is 0 Å². The molecule has 0 bridgehead atoms. The zero-order valence-corrected chi connectivity index (χ0v) is 20.7. The van der Waals surface area contributed by atoms with E-state index in [1.54, 1.807) is 0 Å². The van der Waals surface area contributed by atoms with Crippen LogP contribution in [0.25, 0.3) is 5.83 Å². The highest BCUT2D eigenvalue weighted by molar-refractivity contribution is 6.48. The van der Waals surface area contributed by atoms with Crippen molar-refractivity contribution in [3.63, 3.8) is 0 Å². The predicted molar refractivity (Wildman–Crippen MR) is 128 cm³/mol. The number of halogens is 10. The Morgan fingerprint density at radius 1 is 1.03 bits per heavy atom. The van der Waals surface area contributed by atoms with Crippen molar-refractivity contribution in [2.24, 2.45) is 0 Å². The molecule has 0 saturated heterocycles. The monoisotopic (exact) mass is 601 g/mol. The number of benzene rings is 2. The average molecular weight is 603 g/mol. The maximum Gasteiger partial charge on any atom is 0.417 e. The van der Waals surface area contributed by atoms with Gasteiger partial charge in [0.05, 0.1) is 33.5 Å². The van der Waals surface area contributed by atoms with E-state index in [1.165, 1.54) is 0 Å². The second kappa shape index (κ2) is 11.3. The summed E-state index contributed by atoms with van der Waals surface area (Å²) in [6.45, 7) is -0.717. The van der Waals surface area contributed by atoms with Crippen molar-refractivity contribution in [3.8, 4) is 0 Å². The maximum atomic E-state index is 15.0. The lowest BCUT2D eigenvalue weighted by molar-refractivity contribution is -0.140.